The van der Waals surface area contributed by atoms with E-state index in [4.69, 9.17) is 16.0 Å². The van der Waals surface area contributed by atoms with Crippen LogP contribution in [0.2, 0.25) is 5.02 Å². The third-order valence-electron chi connectivity index (χ3n) is 3.00. The number of hydrogen-bond acceptors (Lipinski definition) is 4. The van der Waals surface area contributed by atoms with Gasteiger partial charge in [0.25, 0.3) is 5.91 Å². The zero-order valence-corrected chi connectivity index (χ0v) is 12.7. The van der Waals surface area contributed by atoms with Crippen LogP contribution in [0.15, 0.2) is 47.1 Å². The number of halogens is 1. The van der Waals surface area contributed by atoms with E-state index >= 15 is 0 Å². The molecule has 2 amide bonds. The van der Waals surface area contributed by atoms with Crippen LogP contribution < -0.4 is 16.2 Å². The van der Waals surface area contributed by atoms with Crippen LogP contribution in [0, 0.1) is 0 Å². The molecule has 0 aliphatic rings. The first-order chi connectivity index (χ1) is 10.6. The van der Waals surface area contributed by atoms with Gasteiger partial charge in [-0.1, -0.05) is 23.7 Å². The van der Waals surface area contributed by atoms with E-state index < -0.39 is 5.91 Å². The second-order valence-electron chi connectivity index (χ2n) is 4.63. The summed E-state index contributed by atoms with van der Waals surface area (Å²) in [4.78, 5) is 23.2. The number of amides is 2. The van der Waals surface area contributed by atoms with Crippen molar-refractivity contribution >= 4 is 23.4 Å². The summed E-state index contributed by atoms with van der Waals surface area (Å²) in [5, 5.41) is 3.71. The Hall–Kier alpha value is -2.31. The van der Waals surface area contributed by atoms with E-state index in [0.29, 0.717) is 5.02 Å². The maximum Gasteiger partial charge on any atom is 0.305 e. The highest BCUT2D eigenvalue weighted by molar-refractivity contribution is 6.30. The van der Waals surface area contributed by atoms with E-state index in [-0.39, 0.29) is 24.3 Å². The highest BCUT2D eigenvalue weighted by Crippen LogP contribution is 2.15. The molecule has 1 atom stereocenters. The zero-order chi connectivity index (χ0) is 15.9. The standard InChI is InChI=1S/C15H16ClN3O3/c1-10(11-4-6-12(16)7-5-11)17-9-14(20)18-19-15(21)13-3-2-8-22-13/h2-8,10,17H,9H2,1H3,(H,18,20)(H,19,21)/t10-/m1/s1. The molecule has 1 aromatic carbocycles. The quantitative estimate of drug-likeness (QED) is 0.736. The molecule has 2 rings (SSSR count). The summed E-state index contributed by atoms with van der Waals surface area (Å²) in [5.74, 6) is -0.743. The van der Waals surface area contributed by atoms with Crippen LogP contribution in [0.3, 0.4) is 0 Å². The maximum absolute atomic E-state index is 11.7. The average Bonchev–Trinajstić information content (AvgIpc) is 3.05. The predicted octanol–water partition coefficient (Wildman–Crippen LogP) is 2.04. The van der Waals surface area contributed by atoms with E-state index in [2.05, 4.69) is 16.2 Å². The molecule has 0 radical (unpaired) electrons. The Labute approximate surface area is 132 Å². The van der Waals surface area contributed by atoms with Crippen molar-refractivity contribution in [3.63, 3.8) is 0 Å². The minimum atomic E-state index is -0.510. The van der Waals surface area contributed by atoms with E-state index in [1.165, 1.54) is 12.3 Å². The number of carbonyl (C=O) groups excluding carboxylic acids is 2. The van der Waals surface area contributed by atoms with Crippen LogP contribution >= 0.6 is 11.6 Å². The van der Waals surface area contributed by atoms with Crippen LogP contribution in [0.25, 0.3) is 0 Å². The molecule has 1 aromatic heterocycles. The number of furan rings is 1. The van der Waals surface area contributed by atoms with E-state index in [0.717, 1.165) is 5.56 Å². The minimum Gasteiger partial charge on any atom is -0.459 e. The van der Waals surface area contributed by atoms with Crippen molar-refractivity contribution in [3.8, 4) is 0 Å². The highest BCUT2D eigenvalue weighted by atomic mass is 35.5. The lowest BCUT2D eigenvalue weighted by Gasteiger charge is -2.14. The van der Waals surface area contributed by atoms with Crippen molar-refractivity contribution in [1.82, 2.24) is 16.2 Å². The first-order valence-corrected chi connectivity index (χ1v) is 7.05. The topological polar surface area (TPSA) is 83.4 Å². The number of hydrogen-bond donors (Lipinski definition) is 3. The number of benzene rings is 1. The maximum atomic E-state index is 11.7. The number of hydrazine groups is 1. The smallest absolute Gasteiger partial charge is 0.305 e. The summed E-state index contributed by atoms with van der Waals surface area (Å²) in [6, 6.07) is 10.4. The van der Waals surface area contributed by atoms with Gasteiger partial charge in [-0.05, 0) is 36.8 Å². The lowest BCUT2D eigenvalue weighted by Crippen LogP contribution is -2.45. The number of carbonyl (C=O) groups is 2. The first kappa shape index (κ1) is 16.1. The Balaban J connectivity index is 1.73. The molecule has 0 fully saturated rings. The molecular formula is C15H16ClN3O3. The summed E-state index contributed by atoms with van der Waals surface area (Å²) in [7, 11) is 0. The van der Waals surface area contributed by atoms with Gasteiger partial charge in [0, 0.05) is 11.1 Å². The Kier molecular flexibility index (Phi) is 5.57. The zero-order valence-electron chi connectivity index (χ0n) is 11.9. The lowest BCUT2D eigenvalue weighted by atomic mass is 10.1. The van der Waals surface area contributed by atoms with Crippen LogP contribution in [0.4, 0.5) is 0 Å². The van der Waals surface area contributed by atoms with E-state index in [1.807, 2.05) is 19.1 Å². The normalized spacial score (nSPS) is 11.7. The first-order valence-electron chi connectivity index (χ1n) is 6.68. The van der Waals surface area contributed by atoms with Crippen molar-refractivity contribution in [2.75, 3.05) is 6.54 Å². The van der Waals surface area contributed by atoms with Crippen LogP contribution in [-0.4, -0.2) is 18.4 Å². The summed E-state index contributed by atoms with van der Waals surface area (Å²) in [6.45, 7) is 1.99. The molecule has 0 saturated carbocycles. The molecule has 0 spiro atoms. The number of nitrogens with one attached hydrogen (secondary N) is 3. The number of rotatable bonds is 5. The molecule has 0 aliphatic carbocycles. The van der Waals surface area contributed by atoms with Gasteiger partial charge in [0.1, 0.15) is 0 Å². The minimum absolute atomic E-state index is 0.0243. The third-order valence-corrected chi connectivity index (χ3v) is 3.25. The van der Waals surface area contributed by atoms with Crippen molar-refractivity contribution in [3.05, 3.63) is 59.0 Å². The van der Waals surface area contributed by atoms with Gasteiger partial charge in [-0.3, -0.25) is 20.4 Å². The Morgan fingerprint density at radius 2 is 1.91 bits per heavy atom. The molecule has 6 nitrogen and oxygen atoms in total. The fourth-order valence-corrected chi connectivity index (χ4v) is 1.88. The Bertz CT molecular complexity index is 626. The second-order valence-corrected chi connectivity index (χ2v) is 5.07. The van der Waals surface area contributed by atoms with E-state index in [1.54, 1.807) is 18.2 Å². The second kappa shape index (κ2) is 7.63. The Morgan fingerprint density at radius 3 is 2.55 bits per heavy atom. The summed E-state index contributed by atoms with van der Waals surface area (Å²) < 4.78 is 4.90. The molecule has 0 aliphatic heterocycles. The molecule has 116 valence electrons. The molecule has 3 N–H and O–H groups in total. The third kappa shape index (κ3) is 4.61. The molecule has 22 heavy (non-hydrogen) atoms. The Morgan fingerprint density at radius 1 is 1.18 bits per heavy atom. The predicted molar refractivity (Wildman–Crippen MR) is 82.2 cm³/mol. The molecule has 0 unspecified atom stereocenters. The van der Waals surface area contributed by atoms with Crippen molar-refractivity contribution in [2.24, 2.45) is 0 Å². The summed E-state index contributed by atoms with van der Waals surface area (Å²) in [6.07, 6.45) is 1.38. The van der Waals surface area contributed by atoms with Crippen molar-refractivity contribution in [2.45, 2.75) is 13.0 Å². The van der Waals surface area contributed by atoms with Gasteiger partial charge < -0.3 is 9.73 Å². The fourth-order valence-electron chi connectivity index (χ4n) is 1.76. The van der Waals surface area contributed by atoms with Crippen LogP contribution in [0.5, 0.6) is 0 Å². The fraction of sp³-hybridized carbons (Fsp3) is 0.200. The summed E-state index contributed by atoms with van der Waals surface area (Å²) >= 11 is 5.82. The summed E-state index contributed by atoms with van der Waals surface area (Å²) in [5.41, 5.74) is 5.58. The van der Waals surface area contributed by atoms with Gasteiger partial charge in [0.15, 0.2) is 5.76 Å². The van der Waals surface area contributed by atoms with Gasteiger partial charge in [0.2, 0.25) is 0 Å². The lowest BCUT2D eigenvalue weighted by molar-refractivity contribution is -0.121. The van der Waals surface area contributed by atoms with Gasteiger partial charge in [-0.15, -0.1) is 0 Å². The molecule has 1 heterocycles. The van der Waals surface area contributed by atoms with Gasteiger partial charge in [-0.25, -0.2) is 0 Å². The van der Waals surface area contributed by atoms with E-state index in [9.17, 15) is 9.59 Å². The SMILES string of the molecule is C[C@@H](NCC(=O)NNC(=O)c1ccco1)c1ccc(Cl)cc1. The van der Waals surface area contributed by atoms with Gasteiger partial charge in [0.05, 0.1) is 12.8 Å². The van der Waals surface area contributed by atoms with Crippen LogP contribution in [0.1, 0.15) is 29.1 Å². The van der Waals surface area contributed by atoms with Crippen molar-refractivity contribution < 1.29 is 14.0 Å². The molecule has 0 bridgehead atoms. The monoisotopic (exact) mass is 321 g/mol. The van der Waals surface area contributed by atoms with Crippen molar-refractivity contribution in [1.29, 1.82) is 0 Å². The van der Waals surface area contributed by atoms with Gasteiger partial charge >= 0.3 is 5.91 Å². The van der Waals surface area contributed by atoms with Gasteiger partial charge in [-0.2, -0.15) is 0 Å². The highest BCUT2D eigenvalue weighted by Gasteiger charge is 2.11. The molecular weight excluding hydrogens is 306 g/mol. The molecule has 0 saturated heterocycles. The molecule has 2 aromatic rings. The molecule has 7 heteroatoms. The largest absolute Gasteiger partial charge is 0.459 e. The average molecular weight is 322 g/mol. The van der Waals surface area contributed by atoms with Crippen LogP contribution in [-0.2, 0) is 4.79 Å².